The Morgan fingerprint density at radius 3 is 1.30 bits per heavy atom. The maximum atomic E-state index is 14.6. The summed E-state index contributed by atoms with van der Waals surface area (Å²) in [4.78, 5) is 2.18. The van der Waals surface area contributed by atoms with Crippen LogP contribution in [0.15, 0.2) is 23.1 Å². The maximum Gasteiger partial charge on any atom is 2.00 e. The number of likely N-dealkylation sites (tertiary alicyclic amines) is 1. The van der Waals surface area contributed by atoms with Crippen molar-refractivity contribution in [1.82, 2.24) is 4.90 Å². The van der Waals surface area contributed by atoms with Crippen LogP contribution >= 0.6 is 0 Å². The molecule has 0 saturated carbocycles. The molecule has 53 heavy (non-hydrogen) atoms. The Morgan fingerprint density at radius 2 is 0.962 bits per heavy atom. The number of rotatable bonds is 14. The molecule has 1 fully saturated rings. The molecule has 0 aromatic heterocycles. The Balaban J connectivity index is 0.00000885. The van der Waals surface area contributed by atoms with Gasteiger partial charge in [-0.1, -0.05) is 42.0 Å². The van der Waals surface area contributed by atoms with Crippen LogP contribution in [0.1, 0.15) is 44.7 Å². The largest absolute Gasteiger partial charge is 2.00 e. The molecule has 1 aromatic carbocycles. The van der Waals surface area contributed by atoms with Gasteiger partial charge in [0.15, 0.2) is 0 Å². The van der Waals surface area contributed by atoms with Gasteiger partial charge in [0.25, 0.3) is 0 Å². The zero-order valence-corrected chi connectivity index (χ0v) is 32.5. The van der Waals surface area contributed by atoms with Gasteiger partial charge in [-0.3, -0.25) is 4.90 Å². The molecule has 306 valence electrons. The third-order valence-corrected chi connectivity index (χ3v) is 12.3. The first-order valence-corrected chi connectivity index (χ1v) is 18.2. The molecule has 0 N–H and O–H groups in total. The standard InChI is InChI=1S/C26H26F21NSSi.C2H5.Zn/c1-13(48-9-4-5-10-48)15-7-6-14(12-16(15)49)50(2,3)11-8-17(27,28)18(29,30)19(31,32)20(33,34)21(35,36)22(37,38)23(39,40)24(41,42)25(43,44)26(45,46)47;1-2;/h6-7,12-13,49H,4-5,8-11H2,1-3H3;1H2,2H3;/q;-1;+2/p-1/t13-;;/m1../s1. The minimum atomic E-state index is -9.17. The van der Waals surface area contributed by atoms with Crippen molar-refractivity contribution in [2.24, 2.45) is 0 Å². The molecule has 1 nitrogen and oxygen atoms in total. The normalized spacial score (nSPS) is 17.2. The molecule has 0 bridgehead atoms. The minimum absolute atomic E-state index is 0. The van der Waals surface area contributed by atoms with E-state index in [1.807, 2.05) is 4.90 Å². The molecular weight excluding hydrogens is 875 g/mol. The summed E-state index contributed by atoms with van der Waals surface area (Å²) in [5.74, 6) is -76.8. The van der Waals surface area contributed by atoms with Crippen LogP contribution in [-0.2, 0) is 32.1 Å². The first-order chi connectivity index (χ1) is 22.8. The van der Waals surface area contributed by atoms with Crippen molar-refractivity contribution in [2.45, 2.75) is 123 Å². The zero-order valence-electron chi connectivity index (χ0n) is 27.8. The molecule has 25 heteroatoms. The van der Waals surface area contributed by atoms with E-state index in [-0.39, 0.29) is 35.6 Å². The smallest absolute Gasteiger partial charge is 0.779 e. The van der Waals surface area contributed by atoms with Crippen molar-refractivity contribution < 1.29 is 112 Å². The molecular formula is C28H30F21NSSiZn. The Labute approximate surface area is 308 Å². The number of halogens is 21. The number of nitrogens with zero attached hydrogens (tertiary/aromatic N) is 1. The van der Waals surface area contributed by atoms with Crippen molar-refractivity contribution in [1.29, 1.82) is 0 Å². The van der Waals surface area contributed by atoms with E-state index in [4.69, 9.17) is 12.6 Å². The Kier molecular flexibility index (Phi) is 15.6. The Morgan fingerprint density at radius 1 is 0.623 bits per heavy atom. The van der Waals surface area contributed by atoms with Gasteiger partial charge in [0, 0.05) is 12.5 Å². The van der Waals surface area contributed by atoms with Crippen LogP contribution in [0.25, 0.3) is 0 Å². The Hall–Kier alpha value is -1.23. The van der Waals surface area contributed by atoms with Crippen LogP contribution in [-0.4, -0.2) is 85.5 Å². The van der Waals surface area contributed by atoms with E-state index in [0.29, 0.717) is 18.7 Å². The van der Waals surface area contributed by atoms with Gasteiger partial charge in [0.05, 0.1) is 8.07 Å². The summed E-state index contributed by atoms with van der Waals surface area (Å²) in [5, 5.41) is 0.0982. The van der Waals surface area contributed by atoms with E-state index >= 15 is 0 Å². The molecule has 1 atom stereocenters. The summed E-state index contributed by atoms with van der Waals surface area (Å²) in [6.45, 7) is 10.5. The predicted octanol–water partition coefficient (Wildman–Crippen LogP) is 11.2. The van der Waals surface area contributed by atoms with Crippen LogP contribution in [0.4, 0.5) is 92.2 Å². The summed E-state index contributed by atoms with van der Waals surface area (Å²) in [7, 11) is -3.58. The third-order valence-electron chi connectivity index (χ3n) is 8.57. The van der Waals surface area contributed by atoms with E-state index < -0.39 is 80.0 Å². The van der Waals surface area contributed by atoms with Crippen LogP contribution < -0.4 is 5.19 Å². The van der Waals surface area contributed by atoms with Crippen LogP contribution in [0.5, 0.6) is 0 Å². The monoisotopic (exact) mass is 903 g/mol. The van der Waals surface area contributed by atoms with Gasteiger partial charge < -0.3 is 19.6 Å². The third kappa shape index (κ3) is 8.28. The first-order valence-electron chi connectivity index (χ1n) is 14.6. The van der Waals surface area contributed by atoms with Crippen molar-refractivity contribution in [3.63, 3.8) is 0 Å². The van der Waals surface area contributed by atoms with Crippen molar-refractivity contribution in [3.8, 4) is 0 Å². The topological polar surface area (TPSA) is 3.24 Å². The molecule has 0 amide bonds. The van der Waals surface area contributed by atoms with Gasteiger partial charge in [-0.05, 0) is 38.9 Å². The van der Waals surface area contributed by atoms with Crippen LogP contribution in [0.2, 0.25) is 19.1 Å². The maximum absolute atomic E-state index is 14.6. The Bertz CT molecular complexity index is 1380. The van der Waals surface area contributed by atoms with E-state index in [9.17, 15) is 92.2 Å². The minimum Gasteiger partial charge on any atom is -0.779 e. The van der Waals surface area contributed by atoms with Gasteiger partial charge in [-0.2, -0.15) is 104 Å². The van der Waals surface area contributed by atoms with Gasteiger partial charge in [0.1, 0.15) is 0 Å². The van der Waals surface area contributed by atoms with E-state index in [0.717, 1.165) is 25.9 Å². The molecule has 0 aliphatic carbocycles. The molecule has 1 aliphatic rings. The number of hydrogen-bond donors (Lipinski definition) is 0. The second-order valence-electron chi connectivity index (χ2n) is 12.4. The fraction of sp³-hybridized carbons (Fsp3) is 0.750. The molecule has 1 heterocycles. The molecule has 1 aliphatic heterocycles. The average molecular weight is 905 g/mol. The van der Waals surface area contributed by atoms with Crippen LogP contribution in [0, 0.1) is 6.92 Å². The van der Waals surface area contributed by atoms with Crippen LogP contribution in [0.3, 0.4) is 0 Å². The van der Waals surface area contributed by atoms with E-state index in [2.05, 4.69) is 6.92 Å². The SMILES string of the molecule is C[C@H](c1ccc([Si](C)(C)CCC(F)(F)C(F)(F)C(F)(F)C(F)(F)C(F)(F)C(F)(F)C(F)(F)C(F)(F)C(F)(F)C(F)(F)F)cc1[S-])N1CCCC1.[CH2-]C.[Zn+2]. The summed E-state index contributed by atoms with van der Waals surface area (Å²) >= 11 is 5.29. The predicted molar refractivity (Wildman–Crippen MR) is 149 cm³/mol. The van der Waals surface area contributed by atoms with Gasteiger partial charge >= 0.3 is 79.0 Å². The molecule has 1 aromatic rings. The molecule has 2 rings (SSSR count). The molecule has 0 spiro atoms. The van der Waals surface area contributed by atoms with Gasteiger partial charge in [-0.25, -0.2) is 0 Å². The van der Waals surface area contributed by atoms with Crippen molar-refractivity contribution in [3.05, 3.63) is 30.7 Å². The van der Waals surface area contributed by atoms with Crippen molar-refractivity contribution in [2.75, 3.05) is 13.1 Å². The number of benzene rings is 1. The quantitative estimate of drug-likeness (QED) is 0.0792. The number of alkyl halides is 21. The number of hydrogen-bond acceptors (Lipinski definition) is 2. The van der Waals surface area contributed by atoms with Crippen molar-refractivity contribution >= 4 is 25.9 Å². The second-order valence-corrected chi connectivity index (χ2v) is 17.6. The fourth-order valence-corrected chi connectivity index (χ4v) is 7.76. The zero-order chi connectivity index (χ0) is 41.8. The molecule has 0 radical (unpaired) electrons. The molecule has 1 saturated heterocycles. The van der Waals surface area contributed by atoms with Gasteiger partial charge in [-0.15, -0.1) is 0 Å². The molecule has 0 unspecified atom stereocenters. The first kappa shape index (κ1) is 51.8. The van der Waals surface area contributed by atoms with Gasteiger partial charge in [0.2, 0.25) is 0 Å². The van der Waals surface area contributed by atoms with E-state index in [1.165, 1.54) is 18.2 Å². The van der Waals surface area contributed by atoms with E-state index in [1.54, 1.807) is 13.8 Å². The summed E-state index contributed by atoms with van der Waals surface area (Å²) < 4.78 is 287. The average Bonchev–Trinajstić information content (AvgIpc) is 3.55. The fourth-order valence-electron chi connectivity index (χ4n) is 4.99. The summed E-state index contributed by atoms with van der Waals surface area (Å²) in [6.07, 6.45) is -8.85. The second kappa shape index (κ2) is 16.0. The summed E-state index contributed by atoms with van der Waals surface area (Å²) in [5.41, 5.74) is 0.567. The summed E-state index contributed by atoms with van der Waals surface area (Å²) in [6, 6.07) is 2.49.